The van der Waals surface area contributed by atoms with Crippen molar-refractivity contribution in [3.05, 3.63) is 46.8 Å². The fourth-order valence-electron chi connectivity index (χ4n) is 2.53. The average Bonchev–Trinajstić information content (AvgIpc) is 2.58. The van der Waals surface area contributed by atoms with E-state index in [0.29, 0.717) is 0 Å². The first-order valence-electron chi connectivity index (χ1n) is 5.52. The number of benzene rings is 1. The van der Waals surface area contributed by atoms with E-state index in [-0.39, 0.29) is 0 Å². The van der Waals surface area contributed by atoms with Crippen molar-refractivity contribution in [2.75, 3.05) is 0 Å². The minimum absolute atomic E-state index is 1.15. The Morgan fingerprint density at radius 3 is 2.73 bits per heavy atom. The Hall–Kier alpha value is -1.50. The highest BCUT2D eigenvalue weighted by molar-refractivity contribution is 5.73. The molecule has 0 spiro atoms. The molecule has 1 aromatic carbocycles. The lowest BCUT2D eigenvalue weighted by molar-refractivity contribution is 0.903. The maximum atomic E-state index is 3.45. The molecule has 0 aliphatic heterocycles. The van der Waals surface area contributed by atoms with Crippen LogP contribution in [0.3, 0.4) is 0 Å². The van der Waals surface area contributed by atoms with Crippen LogP contribution in [0.2, 0.25) is 0 Å². The number of fused-ring (bicyclic) bond motifs is 3. The van der Waals surface area contributed by atoms with Gasteiger partial charge in [0.1, 0.15) is 0 Å². The molecule has 0 fully saturated rings. The molecule has 76 valence electrons. The second-order valence-corrected chi connectivity index (χ2v) is 4.51. The van der Waals surface area contributed by atoms with Crippen LogP contribution in [0, 0.1) is 13.8 Å². The Morgan fingerprint density at radius 2 is 1.87 bits per heavy atom. The summed E-state index contributed by atoms with van der Waals surface area (Å²) in [6.45, 7) is 4.30. The van der Waals surface area contributed by atoms with Gasteiger partial charge in [0.25, 0.3) is 0 Å². The van der Waals surface area contributed by atoms with Crippen molar-refractivity contribution < 1.29 is 0 Å². The van der Waals surface area contributed by atoms with Crippen molar-refractivity contribution in [3.8, 4) is 11.1 Å². The predicted octanol–water partition coefficient (Wildman–Crippen LogP) is 3.40. The lowest BCUT2D eigenvalue weighted by Crippen LogP contribution is -2.02. The molecular formula is C14H15N. The Labute approximate surface area is 90.2 Å². The maximum Gasteiger partial charge on any atom is 0.0232 e. The third-order valence-corrected chi connectivity index (χ3v) is 3.23. The molecule has 2 aromatic rings. The van der Waals surface area contributed by atoms with Crippen LogP contribution in [0.1, 0.15) is 22.5 Å². The molecule has 1 aliphatic carbocycles. The molecule has 0 amide bonds. The summed E-state index contributed by atoms with van der Waals surface area (Å²) >= 11 is 0. The van der Waals surface area contributed by atoms with Crippen LogP contribution in [-0.4, -0.2) is 4.98 Å². The minimum atomic E-state index is 1.15. The number of nitrogens with one attached hydrogen (secondary N) is 1. The lowest BCUT2D eigenvalue weighted by atomic mass is 9.89. The number of H-pyrrole nitrogens is 1. The molecule has 15 heavy (non-hydrogen) atoms. The van der Waals surface area contributed by atoms with Crippen LogP contribution in [0.5, 0.6) is 0 Å². The highest BCUT2D eigenvalue weighted by Gasteiger charge is 2.17. The van der Waals surface area contributed by atoms with Gasteiger partial charge in [0.2, 0.25) is 0 Å². The van der Waals surface area contributed by atoms with Crippen molar-refractivity contribution in [1.82, 2.24) is 4.98 Å². The average molecular weight is 197 g/mol. The largest absolute Gasteiger partial charge is 0.362 e. The standard InChI is InChI=1S/C14H15N/c1-9-3-5-12-11(7-9)4-6-14-13(12)8-10(2)15-14/h3,5,7-8,15H,4,6H2,1-2H3. The topological polar surface area (TPSA) is 15.8 Å². The van der Waals surface area contributed by atoms with Gasteiger partial charge in [-0.1, -0.05) is 23.8 Å². The van der Waals surface area contributed by atoms with Crippen LogP contribution >= 0.6 is 0 Å². The van der Waals surface area contributed by atoms with E-state index in [0.717, 1.165) is 6.42 Å². The minimum Gasteiger partial charge on any atom is -0.362 e. The third kappa shape index (κ3) is 1.30. The summed E-state index contributed by atoms with van der Waals surface area (Å²) in [5.74, 6) is 0. The number of hydrogen-bond donors (Lipinski definition) is 1. The molecular weight excluding hydrogens is 182 g/mol. The summed E-state index contributed by atoms with van der Waals surface area (Å²) in [6.07, 6.45) is 2.32. The van der Waals surface area contributed by atoms with Gasteiger partial charge in [0, 0.05) is 17.0 Å². The van der Waals surface area contributed by atoms with Gasteiger partial charge in [0.05, 0.1) is 0 Å². The highest BCUT2D eigenvalue weighted by atomic mass is 14.7. The van der Waals surface area contributed by atoms with Gasteiger partial charge in [-0.25, -0.2) is 0 Å². The summed E-state index contributed by atoms with van der Waals surface area (Å²) in [5.41, 5.74) is 8.38. The Balaban J connectivity index is 2.25. The van der Waals surface area contributed by atoms with Gasteiger partial charge in [-0.3, -0.25) is 0 Å². The Bertz CT molecular complexity index is 520. The van der Waals surface area contributed by atoms with Gasteiger partial charge in [-0.2, -0.15) is 0 Å². The van der Waals surface area contributed by atoms with Gasteiger partial charge < -0.3 is 4.98 Å². The molecule has 0 atom stereocenters. The van der Waals surface area contributed by atoms with E-state index in [9.17, 15) is 0 Å². The van der Waals surface area contributed by atoms with Crippen LogP contribution in [0.15, 0.2) is 24.3 Å². The SMILES string of the molecule is Cc1ccc2c(c1)CCc1[nH]c(C)cc1-2. The maximum absolute atomic E-state index is 3.45. The molecule has 0 unspecified atom stereocenters. The van der Waals surface area contributed by atoms with E-state index < -0.39 is 0 Å². The Kier molecular flexibility index (Phi) is 1.75. The van der Waals surface area contributed by atoms with E-state index in [1.165, 1.54) is 40.1 Å². The van der Waals surface area contributed by atoms with Crippen molar-refractivity contribution in [2.24, 2.45) is 0 Å². The molecule has 1 aliphatic rings. The van der Waals surface area contributed by atoms with E-state index in [1.54, 1.807) is 0 Å². The zero-order chi connectivity index (χ0) is 10.4. The first-order chi connectivity index (χ1) is 7.24. The molecule has 0 radical (unpaired) electrons. The third-order valence-electron chi connectivity index (χ3n) is 3.23. The van der Waals surface area contributed by atoms with Gasteiger partial charge in [-0.05, 0) is 43.9 Å². The number of aryl methyl sites for hydroxylation is 4. The zero-order valence-electron chi connectivity index (χ0n) is 9.22. The monoisotopic (exact) mass is 197 g/mol. The number of rotatable bonds is 0. The van der Waals surface area contributed by atoms with E-state index in [2.05, 4.69) is 43.1 Å². The van der Waals surface area contributed by atoms with Crippen molar-refractivity contribution in [3.63, 3.8) is 0 Å². The molecule has 1 N–H and O–H groups in total. The molecule has 0 saturated heterocycles. The fourth-order valence-corrected chi connectivity index (χ4v) is 2.53. The van der Waals surface area contributed by atoms with Gasteiger partial charge in [0.15, 0.2) is 0 Å². The number of aromatic nitrogens is 1. The molecule has 1 heterocycles. The van der Waals surface area contributed by atoms with E-state index in [1.807, 2.05) is 0 Å². The first kappa shape index (κ1) is 8.78. The summed E-state index contributed by atoms with van der Waals surface area (Å²) in [7, 11) is 0. The summed E-state index contributed by atoms with van der Waals surface area (Å²) in [5, 5.41) is 0. The van der Waals surface area contributed by atoms with E-state index in [4.69, 9.17) is 0 Å². The van der Waals surface area contributed by atoms with Gasteiger partial charge >= 0.3 is 0 Å². The van der Waals surface area contributed by atoms with Gasteiger partial charge in [-0.15, -0.1) is 0 Å². The summed E-state index contributed by atoms with van der Waals surface area (Å²) in [6, 6.07) is 9.05. The summed E-state index contributed by atoms with van der Waals surface area (Å²) < 4.78 is 0. The number of hydrogen-bond acceptors (Lipinski definition) is 0. The predicted molar refractivity (Wildman–Crippen MR) is 63.1 cm³/mol. The van der Waals surface area contributed by atoms with Crippen LogP contribution in [0.4, 0.5) is 0 Å². The van der Waals surface area contributed by atoms with Crippen molar-refractivity contribution in [2.45, 2.75) is 26.7 Å². The molecule has 1 nitrogen and oxygen atoms in total. The quantitative estimate of drug-likeness (QED) is 0.666. The van der Waals surface area contributed by atoms with Crippen LogP contribution in [-0.2, 0) is 12.8 Å². The van der Waals surface area contributed by atoms with Crippen LogP contribution in [0.25, 0.3) is 11.1 Å². The molecule has 0 bridgehead atoms. The first-order valence-corrected chi connectivity index (χ1v) is 5.52. The molecule has 3 rings (SSSR count). The second kappa shape index (κ2) is 2.99. The molecule has 0 saturated carbocycles. The molecule has 1 heteroatoms. The lowest BCUT2D eigenvalue weighted by Gasteiger charge is -2.16. The molecule has 1 aromatic heterocycles. The number of aromatic amines is 1. The second-order valence-electron chi connectivity index (χ2n) is 4.51. The Morgan fingerprint density at radius 1 is 1.00 bits per heavy atom. The smallest absolute Gasteiger partial charge is 0.0232 e. The normalized spacial score (nSPS) is 13.5. The van der Waals surface area contributed by atoms with Crippen LogP contribution < -0.4 is 0 Å². The van der Waals surface area contributed by atoms with Crippen molar-refractivity contribution in [1.29, 1.82) is 0 Å². The zero-order valence-corrected chi connectivity index (χ0v) is 9.22. The van der Waals surface area contributed by atoms with Crippen molar-refractivity contribution >= 4 is 0 Å². The summed E-state index contributed by atoms with van der Waals surface area (Å²) in [4.78, 5) is 3.45. The highest BCUT2D eigenvalue weighted by Crippen LogP contribution is 2.34. The van der Waals surface area contributed by atoms with E-state index >= 15 is 0 Å². The fraction of sp³-hybridized carbons (Fsp3) is 0.286.